The van der Waals surface area contributed by atoms with Crippen molar-refractivity contribution in [3.8, 4) is 0 Å². The van der Waals surface area contributed by atoms with Gasteiger partial charge in [0.2, 0.25) is 0 Å². The van der Waals surface area contributed by atoms with Crippen LogP contribution in [-0.4, -0.2) is 12.3 Å². The van der Waals surface area contributed by atoms with Crippen LogP contribution in [0.1, 0.15) is 25.8 Å². The van der Waals surface area contributed by atoms with Crippen LogP contribution in [0.3, 0.4) is 0 Å². The Bertz CT molecular complexity index is 249. The maximum absolute atomic E-state index is 4.43. The van der Waals surface area contributed by atoms with E-state index in [4.69, 9.17) is 0 Å². The van der Waals surface area contributed by atoms with Crippen molar-refractivity contribution >= 4 is 5.71 Å². The lowest BCUT2D eigenvalue weighted by atomic mass is 10.1. The molecular weight excluding hydrogens is 146 g/mol. The third-order valence-electron chi connectivity index (χ3n) is 1.79. The first-order valence-corrected chi connectivity index (χ1v) is 4.47. The summed E-state index contributed by atoms with van der Waals surface area (Å²) in [6, 6.07) is 10.4. The summed E-state index contributed by atoms with van der Waals surface area (Å²) in [6.07, 6.45) is 1.01. The molecule has 0 heterocycles. The van der Waals surface area contributed by atoms with Gasteiger partial charge < -0.3 is 0 Å². The Morgan fingerprint density at radius 1 is 1.17 bits per heavy atom. The average molecular weight is 161 g/mol. The van der Waals surface area contributed by atoms with Gasteiger partial charge in [0.1, 0.15) is 0 Å². The fraction of sp³-hybridized carbons (Fsp3) is 0.364. The number of benzene rings is 1. The second-order valence-corrected chi connectivity index (χ2v) is 2.64. The smallest absolute Gasteiger partial charge is 0.0417 e. The van der Waals surface area contributed by atoms with E-state index in [1.165, 1.54) is 11.3 Å². The molecule has 64 valence electrons. The minimum Gasteiger partial charge on any atom is -0.289 e. The summed E-state index contributed by atoms with van der Waals surface area (Å²) in [5, 5.41) is 0. The molecule has 0 aromatic heterocycles. The summed E-state index contributed by atoms with van der Waals surface area (Å²) in [5.41, 5.74) is 2.46. The predicted molar refractivity (Wildman–Crippen MR) is 53.8 cm³/mol. The zero-order chi connectivity index (χ0) is 8.81. The Morgan fingerprint density at radius 3 is 2.33 bits per heavy atom. The molecule has 0 radical (unpaired) electrons. The first kappa shape index (κ1) is 8.98. The van der Waals surface area contributed by atoms with Crippen LogP contribution in [0, 0.1) is 0 Å². The van der Waals surface area contributed by atoms with Crippen molar-refractivity contribution in [2.75, 3.05) is 6.54 Å². The summed E-state index contributed by atoms with van der Waals surface area (Å²) >= 11 is 0. The van der Waals surface area contributed by atoms with E-state index in [1.54, 1.807) is 0 Å². The molecule has 12 heavy (non-hydrogen) atoms. The number of rotatable bonds is 3. The first-order valence-electron chi connectivity index (χ1n) is 4.47. The Kier molecular flexibility index (Phi) is 3.52. The molecule has 0 saturated heterocycles. The summed E-state index contributed by atoms with van der Waals surface area (Å²) in [5.74, 6) is 0. The molecule has 0 unspecified atom stereocenters. The molecule has 0 aliphatic heterocycles. The van der Waals surface area contributed by atoms with Crippen LogP contribution in [0.25, 0.3) is 0 Å². The minimum absolute atomic E-state index is 0.873. The van der Waals surface area contributed by atoms with E-state index in [9.17, 15) is 0 Å². The molecule has 0 atom stereocenters. The average Bonchev–Trinajstić information content (AvgIpc) is 2.15. The zero-order valence-corrected chi connectivity index (χ0v) is 7.75. The predicted octanol–water partition coefficient (Wildman–Crippen LogP) is 2.91. The zero-order valence-electron chi connectivity index (χ0n) is 7.75. The van der Waals surface area contributed by atoms with Crippen LogP contribution < -0.4 is 0 Å². The van der Waals surface area contributed by atoms with Gasteiger partial charge in [0.05, 0.1) is 0 Å². The topological polar surface area (TPSA) is 12.4 Å². The molecule has 0 amide bonds. The molecule has 1 aromatic rings. The molecule has 0 spiro atoms. The van der Waals surface area contributed by atoms with Gasteiger partial charge in [-0.15, -0.1) is 0 Å². The van der Waals surface area contributed by atoms with Crippen LogP contribution in [0.4, 0.5) is 0 Å². The van der Waals surface area contributed by atoms with Crippen molar-refractivity contribution in [2.24, 2.45) is 4.99 Å². The molecule has 0 saturated carbocycles. The number of aliphatic imine (C=N–C) groups is 1. The van der Waals surface area contributed by atoms with E-state index in [0.717, 1.165) is 13.0 Å². The monoisotopic (exact) mass is 161 g/mol. The standard InChI is InChI=1S/C11H15N/c1-3-11(12-4-2)10-8-6-5-7-9-10/h5-9H,3-4H2,1-2H3. The van der Waals surface area contributed by atoms with E-state index in [1.807, 2.05) is 6.07 Å². The van der Waals surface area contributed by atoms with Crippen LogP contribution in [0.5, 0.6) is 0 Å². The lowest BCUT2D eigenvalue weighted by Gasteiger charge is -2.01. The van der Waals surface area contributed by atoms with Crippen molar-refractivity contribution in [1.29, 1.82) is 0 Å². The summed E-state index contributed by atoms with van der Waals surface area (Å²) in [7, 11) is 0. The number of hydrogen-bond acceptors (Lipinski definition) is 1. The van der Waals surface area contributed by atoms with E-state index in [0.29, 0.717) is 0 Å². The fourth-order valence-corrected chi connectivity index (χ4v) is 1.23. The molecule has 0 bridgehead atoms. The van der Waals surface area contributed by atoms with Crippen molar-refractivity contribution in [3.63, 3.8) is 0 Å². The Balaban J connectivity index is 2.88. The van der Waals surface area contributed by atoms with Gasteiger partial charge >= 0.3 is 0 Å². The second-order valence-electron chi connectivity index (χ2n) is 2.64. The highest BCUT2D eigenvalue weighted by molar-refractivity contribution is 6.00. The second kappa shape index (κ2) is 4.70. The van der Waals surface area contributed by atoms with Crippen molar-refractivity contribution in [1.82, 2.24) is 0 Å². The Morgan fingerprint density at radius 2 is 1.83 bits per heavy atom. The maximum atomic E-state index is 4.43. The molecule has 1 nitrogen and oxygen atoms in total. The normalized spacial score (nSPS) is 11.7. The lowest BCUT2D eigenvalue weighted by molar-refractivity contribution is 1.10. The maximum Gasteiger partial charge on any atom is 0.0417 e. The molecule has 0 N–H and O–H groups in total. The highest BCUT2D eigenvalue weighted by Gasteiger charge is 1.97. The van der Waals surface area contributed by atoms with Crippen LogP contribution in [-0.2, 0) is 0 Å². The molecule has 0 aliphatic rings. The number of nitrogens with zero attached hydrogens (tertiary/aromatic N) is 1. The van der Waals surface area contributed by atoms with Crippen molar-refractivity contribution in [2.45, 2.75) is 20.3 Å². The summed E-state index contributed by atoms with van der Waals surface area (Å²) < 4.78 is 0. The third kappa shape index (κ3) is 2.19. The highest BCUT2D eigenvalue weighted by Crippen LogP contribution is 2.03. The summed E-state index contributed by atoms with van der Waals surface area (Å²) in [4.78, 5) is 4.43. The molecule has 1 rings (SSSR count). The van der Waals surface area contributed by atoms with Crippen LogP contribution >= 0.6 is 0 Å². The number of hydrogen-bond donors (Lipinski definition) is 0. The van der Waals surface area contributed by atoms with Gasteiger partial charge in [-0.2, -0.15) is 0 Å². The Labute approximate surface area is 74.2 Å². The van der Waals surface area contributed by atoms with Crippen LogP contribution in [0.15, 0.2) is 35.3 Å². The van der Waals surface area contributed by atoms with E-state index in [-0.39, 0.29) is 0 Å². The highest BCUT2D eigenvalue weighted by atomic mass is 14.7. The molecule has 0 fully saturated rings. The SMILES string of the molecule is CCN=C(CC)c1ccccc1. The van der Waals surface area contributed by atoms with Gasteiger partial charge in [-0.1, -0.05) is 37.3 Å². The minimum atomic E-state index is 0.873. The van der Waals surface area contributed by atoms with Crippen molar-refractivity contribution in [3.05, 3.63) is 35.9 Å². The lowest BCUT2D eigenvalue weighted by Crippen LogP contribution is -1.98. The van der Waals surface area contributed by atoms with Gasteiger partial charge in [0, 0.05) is 12.3 Å². The fourth-order valence-electron chi connectivity index (χ4n) is 1.23. The van der Waals surface area contributed by atoms with Gasteiger partial charge in [-0.3, -0.25) is 4.99 Å². The van der Waals surface area contributed by atoms with Gasteiger partial charge in [-0.05, 0) is 18.9 Å². The largest absolute Gasteiger partial charge is 0.289 e. The van der Waals surface area contributed by atoms with Gasteiger partial charge in [0.15, 0.2) is 0 Å². The van der Waals surface area contributed by atoms with E-state index in [2.05, 4.69) is 43.1 Å². The quantitative estimate of drug-likeness (QED) is 0.604. The molecular formula is C11H15N. The molecule has 1 heteroatoms. The molecule has 0 aliphatic carbocycles. The molecule has 1 aromatic carbocycles. The Hall–Kier alpha value is -1.11. The third-order valence-corrected chi connectivity index (χ3v) is 1.79. The van der Waals surface area contributed by atoms with Crippen molar-refractivity contribution < 1.29 is 0 Å². The summed E-state index contributed by atoms with van der Waals surface area (Å²) in [6.45, 7) is 5.08. The van der Waals surface area contributed by atoms with Gasteiger partial charge in [0.25, 0.3) is 0 Å². The van der Waals surface area contributed by atoms with Gasteiger partial charge in [-0.25, -0.2) is 0 Å². The van der Waals surface area contributed by atoms with E-state index < -0.39 is 0 Å². The first-order chi connectivity index (χ1) is 5.88. The van der Waals surface area contributed by atoms with Crippen LogP contribution in [0.2, 0.25) is 0 Å². The van der Waals surface area contributed by atoms with E-state index >= 15 is 0 Å².